The van der Waals surface area contributed by atoms with Crippen molar-refractivity contribution < 1.29 is 14.7 Å². The summed E-state index contributed by atoms with van der Waals surface area (Å²) in [5, 5.41) is 15.2. The number of thioether (sulfide) groups is 1. The molecule has 0 bridgehead atoms. The number of hydrogen-bond acceptors (Lipinski definition) is 3. The SMILES string of the molecule is CSc1ccc(NC(=O)NC2CCC(C(=O)O)CC2)cc1Cl. The van der Waals surface area contributed by atoms with Gasteiger partial charge in [-0.25, -0.2) is 4.79 Å². The standard InChI is InChI=1S/C15H19ClN2O3S/c1-22-13-7-6-11(8-12(13)16)18-15(21)17-10-4-2-9(3-5-10)14(19)20/h6-10H,2-5H2,1H3,(H,19,20)(H2,17,18,21). The van der Waals surface area contributed by atoms with E-state index in [1.165, 1.54) is 0 Å². The van der Waals surface area contributed by atoms with E-state index in [0.29, 0.717) is 36.4 Å². The fraction of sp³-hybridized carbons (Fsp3) is 0.467. The van der Waals surface area contributed by atoms with Crippen molar-refractivity contribution in [2.24, 2.45) is 5.92 Å². The highest BCUT2D eigenvalue weighted by Gasteiger charge is 2.26. The normalized spacial score (nSPS) is 21.2. The number of carbonyl (C=O) groups excluding carboxylic acids is 1. The van der Waals surface area contributed by atoms with Crippen LogP contribution in [0.1, 0.15) is 25.7 Å². The molecule has 1 aromatic rings. The summed E-state index contributed by atoms with van der Waals surface area (Å²) in [4.78, 5) is 23.8. The lowest BCUT2D eigenvalue weighted by Gasteiger charge is -2.26. The Bertz CT molecular complexity index is 560. The van der Waals surface area contributed by atoms with Crippen molar-refractivity contribution >= 4 is 41.1 Å². The summed E-state index contributed by atoms with van der Waals surface area (Å²) >= 11 is 7.65. The molecule has 1 aliphatic rings. The van der Waals surface area contributed by atoms with Crippen LogP contribution in [0.3, 0.4) is 0 Å². The fourth-order valence-electron chi connectivity index (χ4n) is 2.58. The summed E-state index contributed by atoms with van der Waals surface area (Å²) in [6.07, 6.45) is 4.53. The van der Waals surface area contributed by atoms with Crippen LogP contribution in [-0.2, 0) is 4.79 Å². The van der Waals surface area contributed by atoms with Crippen LogP contribution in [0.15, 0.2) is 23.1 Å². The smallest absolute Gasteiger partial charge is 0.319 e. The molecule has 120 valence electrons. The third kappa shape index (κ3) is 4.55. The number of carbonyl (C=O) groups is 2. The van der Waals surface area contributed by atoms with Gasteiger partial charge < -0.3 is 15.7 Å². The Balaban J connectivity index is 1.83. The second-order valence-electron chi connectivity index (χ2n) is 5.33. The molecule has 7 heteroatoms. The van der Waals surface area contributed by atoms with E-state index < -0.39 is 5.97 Å². The van der Waals surface area contributed by atoms with Crippen molar-refractivity contribution in [2.75, 3.05) is 11.6 Å². The van der Waals surface area contributed by atoms with E-state index in [4.69, 9.17) is 16.7 Å². The van der Waals surface area contributed by atoms with E-state index in [1.807, 2.05) is 12.3 Å². The third-order valence-electron chi connectivity index (χ3n) is 3.82. The molecule has 1 aliphatic carbocycles. The minimum Gasteiger partial charge on any atom is -0.481 e. The van der Waals surface area contributed by atoms with Gasteiger partial charge in [0.1, 0.15) is 0 Å². The molecule has 1 fully saturated rings. The van der Waals surface area contributed by atoms with E-state index >= 15 is 0 Å². The zero-order valence-electron chi connectivity index (χ0n) is 12.3. The lowest BCUT2D eigenvalue weighted by Crippen LogP contribution is -2.40. The van der Waals surface area contributed by atoms with Gasteiger partial charge in [0.25, 0.3) is 0 Å². The zero-order valence-corrected chi connectivity index (χ0v) is 13.8. The summed E-state index contributed by atoms with van der Waals surface area (Å²) in [7, 11) is 0. The molecule has 5 nitrogen and oxygen atoms in total. The Kier molecular flexibility index (Phi) is 5.97. The predicted molar refractivity (Wildman–Crippen MR) is 88.8 cm³/mol. The second-order valence-corrected chi connectivity index (χ2v) is 6.59. The Labute approximate surface area is 138 Å². The van der Waals surface area contributed by atoms with Crippen LogP contribution < -0.4 is 10.6 Å². The molecule has 0 spiro atoms. The molecule has 22 heavy (non-hydrogen) atoms. The molecule has 2 rings (SSSR count). The largest absolute Gasteiger partial charge is 0.481 e. The van der Waals surface area contributed by atoms with Gasteiger partial charge in [0, 0.05) is 16.6 Å². The first-order chi connectivity index (χ1) is 10.5. The number of urea groups is 1. The van der Waals surface area contributed by atoms with Crippen LogP contribution in [0.25, 0.3) is 0 Å². The van der Waals surface area contributed by atoms with Gasteiger partial charge in [0.05, 0.1) is 10.9 Å². The Morgan fingerprint density at radius 2 is 1.95 bits per heavy atom. The number of aliphatic carboxylic acids is 1. The van der Waals surface area contributed by atoms with Crippen molar-refractivity contribution in [2.45, 2.75) is 36.6 Å². The van der Waals surface area contributed by atoms with Crippen molar-refractivity contribution in [3.8, 4) is 0 Å². The number of amides is 2. The number of anilines is 1. The summed E-state index contributed by atoms with van der Waals surface area (Å²) in [5.41, 5.74) is 0.638. The maximum Gasteiger partial charge on any atom is 0.319 e. The number of benzene rings is 1. The monoisotopic (exact) mass is 342 g/mol. The van der Waals surface area contributed by atoms with Gasteiger partial charge in [-0.15, -0.1) is 11.8 Å². The fourth-order valence-corrected chi connectivity index (χ4v) is 3.45. The van der Waals surface area contributed by atoms with Gasteiger partial charge in [-0.1, -0.05) is 11.6 Å². The molecular weight excluding hydrogens is 324 g/mol. The van der Waals surface area contributed by atoms with Gasteiger partial charge in [0.15, 0.2) is 0 Å². The number of halogens is 1. The average Bonchev–Trinajstić information content (AvgIpc) is 2.48. The van der Waals surface area contributed by atoms with Gasteiger partial charge in [-0.3, -0.25) is 4.79 Å². The number of nitrogens with one attached hydrogen (secondary N) is 2. The van der Waals surface area contributed by atoms with Crippen LogP contribution in [-0.4, -0.2) is 29.4 Å². The molecule has 3 N–H and O–H groups in total. The number of carboxylic acids is 1. The first kappa shape index (κ1) is 17.0. The van der Waals surface area contributed by atoms with E-state index in [2.05, 4.69) is 10.6 Å². The van der Waals surface area contributed by atoms with Crippen LogP contribution in [0.5, 0.6) is 0 Å². The second kappa shape index (κ2) is 7.74. The minimum absolute atomic E-state index is 0.0246. The molecule has 0 unspecified atom stereocenters. The number of carboxylic acid groups (broad SMARTS) is 1. The Morgan fingerprint density at radius 1 is 1.27 bits per heavy atom. The zero-order chi connectivity index (χ0) is 16.1. The Hall–Kier alpha value is -1.40. The van der Waals surface area contributed by atoms with Gasteiger partial charge in [0.2, 0.25) is 0 Å². The number of hydrogen-bond donors (Lipinski definition) is 3. The molecule has 1 saturated carbocycles. The van der Waals surface area contributed by atoms with Crippen molar-refractivity contribution in [1.29, 1.82) is 0 Å². The lowest BCUT2D eigenvalue weighted by molar-refractivity contribution is -0.142. The van der Waals surface area contributed by atoms with Crippen molar-refractivity contribution in [1.82, 2.24) is 5.32 Å². The number of rotatable bonds is 4. The summed E-state index contributed by atoms with van der Waals surface area (Å²) in [5.74, 6) is -1.02. The molecule has 0 atom stereocenters. The van der Waals surface area contributed by atoms with Crippen molar-refractivity contribution in [3.63, 3.8) is 0 Å². The van der Waals surface area contributed by atoms with E-state index in [0.717, 1.165) is 4.90 Å². The topological polar surface area (TPSA) is 78.4 Å². The van der Waals surface area contributed by atoms with Crippen molar-refractivity contribution in [3.05, 3.63) is 23.2 Å². The molecule has 2 amide bonds. The highest BCUT2D eigenvalue weighted by Crippen LogP contribution is 2.28. The average molecular weight is 343 g/mol. The van der Waals surface area contributed by atoms with E-state index in [-0.39, 0.29) is 18.0 Å². The van der Waals surface area contributed by atoms with Crippen LogP contribution in [0.2, 0.25) is 5.02 Å². The van der Waals surface area contributed by atoms with Crippen LogP contribution in [0.4, 0.5) is 10.5 Å². The highest BCUT2D eigenvalue weighted by atomic mass is 35.5. The van der Waals surface area contributed by atoms with Gasteiger partial charge >= 0.3 is 12.0 Å². The first-order valence-corrected chi connectivity index (χ1v) is 8.73. The minimum atomic E-state index is -0.744. The maximum absolute atomic E-state index is 12.0. The van der Waals surface area contributed by atoms with Crippen LogP contribution >= 0.6 is 23.4 Å². The summed E-state index contributed by atoms with van der Waals surface area (Å²) in [6.45, 7) is 0. The van der Waals surface area contributed by atoms with Crippen LogP contribution in [0, 0.1) is 5.92 Å². The third-order valence-corrected chi connectivity index (χ3v) is 5.04. The molecule has 0 saturated heterocycles. The van der Waals surface area contributed by atoms with E-state index in [9.17, 15) is 9.59 Å². The van der Waals surface area contributed by atoms with Gasteiger partial charge in [-0.2, -0.15) is 0 Å². The van der Waals surface area contributed by atoms with E-state index in [1.54, 1.807) is 23.9 Å². The Morgan fingerprint density at radius 3 is 2.50 bits per heavy atom. The predicted octanol–water partition coefficient (Wildman–Crippen LogP) is 3.83. The van der Waals surface area contributed by atoms with Gasteiger partial charge in [-0.05, 0) is 50.1 Å². The molecule has 0 aliphatic heterocycles. The summed E-state index contributed by atoms with van der Waals surface area (Å²) in [6, 6.07) is 5.12. The molecule has 0 aromatic heterocycles. The molecule has 1 aromatic carbocycles. The molecule has 0 heterocycles. The highest BCUT2D eigenvalue weighted by molar-refractivity contribution is 7.98. The first-order valence-electron chi connectivity index (χ1n) is 7.13. The molecular formula is C15H19ClN2O3S. The quantitative estimate of drug-likeness (QED) is 0.727. The molecule has 0 radical (unpaired) electrons. The summed E-state index contributed by atoms with van der Waals surface area (Å²) < 4.78 is 0. The maximum atomic E-state index is 12.0. The lowest BCUT2D eigenvalue weighted by atomic mass is 9.86.